The lowest BCUT2D eigenvalue weighted by molar-refractivity contribution is 1.11. The predicted molar refractivity (Wildman–Crippen MR) is 83.4 cm³/mol. The molecule has 0 aliphatic heterocycles. The summed E-state index contributed by atoms with van der Waals surface area (Å²) in [7, 11) is 0. The molecule has 0 saturated heterocycles. The van der Waals surface area contributed by atoms with Gasteiger partial charge in [0.2, 0.25) is 5.28 Å². The number of anilines is 3. The largest absolute Gasteiger partial charge is 0.394 e. The molecular formula is C12H11BrCl2N4. The van der Waals surface area contributed by atoms with Crippen molar-refractivity contribution in [2.45, 2.75) is 13.8 Å². The van der Waals surface area contributed by atoms with Crippen LogP contribution in [0, 0.1) is 13.8 Å². The second-order valence-corrected chi connectivity index (χ2v) is 5.65. The van der Waals surface area contributed by atoms with Crippen LogP contribution in [0.2, 0.25) is 10.3 Å². The summed E-state index contributed by atoms with van der Waals surface area (Å²) in [4.78, 5) is 8.06. The third kappa shape index (κ3) is 3.11. The monoisotopic (exact) mass is 360 g/mol. The van der Waals surface area contributed by atoms with Gasteiger partial charge in [0.25, 0.3) is 0 Å². The van der Waals surface area contributed by atoms with Gasteiger partial charge < -0.3 is 11.1 Å². The summed E-state index contributed by atoms with van der Waals surface area (Å²) in [6.45, 7) is 3.70. The SMILES string of the molecule is Cc1cc(Br)c(Nc2nc(Cl)nc(C)c2N)cc1Cl. The van der Waals surface area contributed by atoms with Gasteiger partial charge in [-0.25, -0.2) is 4.98 Å². The van der Waals surface area contributed by atoms with E-state index in [9.17, 15) is 0 Å². The van der Waals surface area contributed by atoms with Gasteiger partial charge in [0.05, 0.1) is 17.1 Å². The van der Waals surface area contributed by atoms with Gasteiger partial charge in [-0.15, -0.1) is 0 Å². The van der Waals surface area contributed by atoms with Crippen molar-refractivity contribution >= 4 is 56.3 Å². The number of benzene rings is 1. The maximum atomic E-state index is 6.10. The van der Waals surface area contributed by atoms with Crippen molar-refractivity contribution in [2.24, 2.45) is 0 Å². The number of aryl methyl sites for hydroxylation is 2. The molecule has 1 aromatic carbocycles. The van der Waals surface area contributed by atoms with Crippen LogP contribution in [-0.2, 0) is 0 Å². The number of nitrogens with zero attached hydrogens (tertiary/aromatic N) is 2. The summed E-state index contributed by atoms with van der Waals surface area (Å²) >= 11 is 15.4. The second kappa shape index (κ2) is 5.53. The highest BCUT2D eigenvalue weighted by Crippen LogP contribution is 2.33. The van der Waals surface area contributed by atoms with Crippen molar-refractivity contribution in [2.75, 3.05) is 11.1 Å². The Kier molecular flexibility index (Phi) is 4.18. The molecule has 3 N–H and O–H groups in total. The molecule has 2 aromatic rings. The molecule has 0 bridgehead atoms. The van der Waals surface area contributed by atoms with Crippen LogP contribution in [0.3, 0.4) is 0 Å². The van der Waals surface area contributed by atoms with Crippen LogP contribution in [0.1, 0.15) is 11.3 Å². The van der Waals surface area contributed by atoms with Gasteiger partial charge in [-0.05, 0) is 59.1 Å². The van der Waals surface area contributed by atoms with Gasteiger partial charge in [-0.3, -0.25) is 0 Å². The van der Waals surface area contributed by atoms with Gasteiger partial charge >= 0.3 is 0 Å². The topological polar surface area (TPSA) is 63.8 Å². The molecule has 0 amide bonds. The second-order valence-electron chi connectivity index (χ2n) is 4.05. The van der Waals surface area contributed by atoms with E-state index in [0.29, 0.717) is 22.2 Å². The molecule has 1 heterocycles. The Morgan fingerprint density at radius 3 is 2.58 bits per heavy atom. The first-order valence-electron chi connectivity index (χ1n) is 5.40. The van der Waals surface area contributed by atoms with Gasteiger partial charge in [0, 0.05) is 9.50 Å². The molecule has 7 heteroatoms. The zero-order valence-electron chi connectivity index (χ0n) is 10.3. The van der Waals surface area contributed by atoms with Gasteiger partial charge in [0.15, 0.2) is 5.82 Å². The third-order valence-electron chi connectivity index (χ3n) is 2.61. The molecule has 0 unspecified atom stereocenters. The van der Waals surface area contributed by atoms with Crippen LogP contribution in [-0.4, -0.2) is 9.97 Å². The highest BCUT2D eigenvalue weighted by molar-refractivity contribution is 9.10. The van der Waals surface area contributed by atoms with E-state index in [1.807, 2.05) is 13.0 Å². The minimum Gasteiger partial charge on any atom is -0.394 e. The summed E-state index contributed by atoms with van der Waals surface area (Å²) < 4.78 is 0.862. The van der Waals surface area contributed by atoms with E-state index >= 15 is 0 Å². The predicted octanol–water partition coefficient (Wildman–Crippen LogP) is 4.49. The molecule has 0 aliphatic carbocycles. The Bertz CT molecular complexity index is 646. The zero-order chi connectivity index (χ0) is 14.2. The molecule has 100 valence electrons. The molecular weight excluding hydrogens is 351 g/mol. The normalized spacial score (nSPS) is 10.6. The molecule has 0 radical (unpaired) electrons. The quantitative estimate of drug-likeness (QED) is 0.773. The number of nitrogens with two attached hydrogens (primary N) is 1. The summed E-state index contributed by atoms with van der Waals surface area (Å²) in [6, 6.07) is 3.71. The van der Waals surface area contributed by atoms with E-state index in [2.05, 4.69) is 31.2 Å². The Morgan fingerprint density at radius 1 is 1.21 bits per heavy atom. The van der Waals surface area contributed by atoms with E-state index in [1.165, 1.54) is 0 Å². The fraction of sp³-hybridized carbons (Fsp3) is 0.167. The number of aromatic nitrogens is 2. The van der Waals surface area contributed by atoms with Crippen molar-refractivity contribution in [1.29, 1.82) is 0 Å². The first kappa shape index (κ1) is 14.4. The molecule has 0 saturated carbocycles. The van der Waals surface area contributed by atoms with Crippen LogP contribution in [0.4, 0.5) is 17.2 Å². The maximum Gasteiger partial charge on any atom is 0.224 e. The number of halogens is 3. The number of hydrogen-bond acceptors (Lipinski definition) is 4. The molecule has 19 heavy (non-hydrogen) atoms. The van der Waals surface area contributed by atoms with E-state index in [4.69, 9.17) is 28.9 Å². The Morgan fingerprint density at radius 2 is 1.89 bits per heavy atom. The van der Waals surface area contributed by atoms with Crippen molar-refractivity contribution in [3.8, 4) is 0 Å². The number of nitrogen functional groups attached to an aromatic ring is 1. The molecule has 4 nitrogen and oxygen atoms in total. The minimum atomic E-state index is 0.142. The Balaban J connectivity index is 2.44. The summed E-state index contributed by atoms with van der Waals surface area (Å²) in [5, 5.41) is 3.89. The fourth-order valence-electron chi connectivity index (χ4n) is 1.51. The lowest BCUT2D eigenvalue weighted by atomic mass is 10.2. The smallest absolute Gasteiger partial charge is 0.224 e. The third-order valence-corrected chi connectivity index (χ3v) is 3.84. The summed E-state index contributed by atoms with van der Waals surface area (Å²) in [5.74, 6) is 0.457. The van der Waals surface area contributed by atoms with Gasteiger partial charge in [-0.2, -0.15) is 4.98 Å². The van der Waals surface area contributed by atoms with E-state index in [0.717, 1.165) is 15.7 Å². The van der Waals surface area contributed by atoms with Crippen molar-refractivity contribution < 1.29 is 0 Å². The van der Waals surface area contributed by atoms with Crippen molar-refractivity contribution in [3.63, 3.8) is 0 Å². The fourth-order valence-corrected chi connectivity index (χ4v) is 2.44. The zero-order valence-corrected chi connectivity index (χ0v) is 13.4. The maximum absolute atomic E-state index is 6.10. The molecule has 1 aromatic heterocycles. The minimum absolute atomic E-state index is 0.142. The molecule has 0 atom stereocenters. The average molecular weight is 362 g/mol. The lowest BCUT2D eigenvalue weighted by Gasteiger charge is -2.12. The van der Waals surface area contributed by atoms with Gasteiger partial charge in [-0.1, -0.05) is 11.6 Å². The van der Waals surface area contributed by atoms with Crippen molar-refractivity contribution in [1.82, 2.24) is 9.97 Å². The number of hydrogen-bond donors (Lipinski definition) is 2. The number of nitrogens with one attached hydrogen (secondary N) is 1. The molecule has 2 rings (SSSR count). The van der Waals surface area contributed by atoms with E-state index in [1.54, 1.807) is 13.0 Å². The summed E-state index contributed by atoms with van der Waals surface area (Å²) in [6.07, 6.45) is 0. The first-order valence-corrected chi connectivity index (χ1v) is 6.95. The average Bonchev–Trinajstić information content (AvgIpc) is 2.32. The Labute approximate surface area is 129 Å². The Hall–Kier alpha value is -1.04. The molecule has 0 fully saturated rings. The molecule has 0 spiro atoms. The van der Waals surface area contributed by atoms with E-state index < -0.39 is 0 Å². The van der Waals surface area contributed by atoms with Crippen molar-refractivity contribution in [3.05, 3.63) is 38.2 Å². The van der Waals surface area contributed by atoms with Gasteiger partial charge in [0.1, 0.15) is 0 Å². The lowest BCUT2D eigenvalue weighted by Crippen LogP contribution is -2.04. The highest BCUT2D eigenvalue weighted by Gasteiger charge is 2.11. The molecule has 0 aliphatic rings. The highest BCUT2D eigenvalue weighted by atomic mass is 79.9. The van der Waals surface area contributed by atoms with E-state index in [-0.39, 0.29) is 5.28 Å². The number of rotatable bonds is 2. The van der Waals surface area contributed by atoms with Crippen LogP contribution in [0.15, 0.2) is 16.6 Å². The van der Waals surface area contributed by atoms with Crippen LogP contribution < -0.4 is 11.1 Å². The van der Waals surface area contributed by atoms with Crippen LogP contribution in [0.5, 0.6) is 0 Å². The standard InChI is InChI=1S/C12H11BrCl2N4/c1-5-3-7(13)9(4-8(5)14)18-11-10(16)6(2)17-12(15)19-11/h3-4H,16H2,1-2H3,(H,17,18,19). The summed E-state index contributed by atoms with van der Waals surface area (Å²) in [5.41, 5.74) is 8.73. The van der Waals surface area contributed by atoms with Crippen LogP contribution >= 0.6 is 39.1 Å². The van der Waals surface area contributed by atoms with Crippen LogP contribution in [0.25, 0.3) is 0 Å². The first-order chi connectivity index (χ1) is 8.88.